The Morgan fingerprint density at radius 3 is 1.83 bits per heavy atom. The van der Waals surface area contributed by atoms with Gasteiger partial charge in [0.05, 0.1) is 6.54 Å². The summed E-state index contributed by atoms with van der Waals surface area (Å²) in [7, 11) is 0. The SMILES string of the molecule is CCCCCCCCCCCCCCCCCC(=O)OC(C)N1CCN=C1CC. The van der Waals surface area contributed by atoms with Crippen molar-refractivity contribution in [1.82, 2.24) is 4.90 Å². The molecular formula is C25H48N2O2. The number of rotatable bonds is 19. The predicted molar refractivity (Wildman–Crippen MR) is 124 cm³/mol. The molecule has 1 rings (SSSR count). The Labute approximate surface area is 180 Å². The Morgan fingerprint density at radius 1 is 0.862 bits per heavy atom. The summed E-state index contributed by atoms with van der Waals surface area (Å²) >= 11 is 0. The van der Waals surface area contributed by atoms with Gasteiger partial charge in [0.25, 0.3) is 0 Å². The van der Waals surface area contributed by atoms with Crippen molar-refractivity contribution >= 4 is 11.8 Å². The van der Waals surface area contributed by atoms with E-state index in [1.165, 1.54) is 83.5 Å². The summed E-state index contributed by atoms with van der Waals surface area (Å²) in [6.07, 6.45) is 21.4. The van der Waals surface area contributed by atoms with Gasteiger partial charge in [0.15, 0.2) is 6.23 Å². The first-order chi connectivity index (χ1) is 14.2. The maximum atomic E-state index is 12.1. The van der Waals surface area contributed by atoms with E-state index in [1.807, 2.05) is 6.92 Å². The first kappa shape index (κ1) is 26.0. The van der Waals surface area contributed by atoms with Gasteiger partial charge in [-0.15, -0.1) is 0 Å². The summed E-state index contributed by atoms with van der Waals surface area (Å²) in [6, 6.07) is 0. The maximum Gasteiger partial charge on any atom is 0.307 e. The lowest BCUT2D eigenvalue weighted by Gasteiger charge is -2.26. The molecule has 1 aliphatic rings. The van der Waals surface area contributed by atoms with Crippen LogP contribution in [0.3, 0.4) is 0 Å². The molecule has 0 aromatic carbocycles. The van der Waals surface area contributed by atoms with E-state index in [9.17, 15) is 4.79 Å². The van der Waals surface area contributed by atoms with Crippen LogP contribution in [0.15, 0.2) is 4.99 Å². The lowest BCUT2D eigenvalue weighted by atomic mass is 10.0. The molecule has 0 aliphatic carbocycles. The molecule has 0 aromatic heterocycles. The lowest BCUT2D eigenvalue weighted by molar-refractivity contribution is -0.154. The van der Waals surface area contributed by atoms with E-state index in [0.717, 1.165) is 38.2 Å². The second-order valence-electron chi connectivity index (χ2n) is 8.63. The van der Waals surface area contributed by atoms with Gasteiger partial charge in [-0.2, -0.15) is 0 Å². The van der Waals surface area contributed by atoms with Gasteiger partial charge in [0.2, 0.25) is 0 Å². The van der Waals surface area contributed by atoms with Crippen molar-refractivity contribution in [3.05, 3.63) is 0 Å². The molecule has 0 aromatic rings. The molecule has 0 fully saturated rings. The highest BCUT2D eigenvalue weighted by Crippen LogP contribution is 2.15. The number of aliphatic imine (C=N–C) groups is 1. The van der Waals surface area contributed by atoms with Gasteiger partial charge in [-0.25, -0.2) is 0 Å². The molecule has 29 heavy (non-hydrogen) atoms. The van der Waals surface area contributed by atoms with Gasteiger partial charge >= 0.3 is 5.97 Å². The standard InChI is InChI=1S/C25H48N2O2/c1-4-6-7-8-9-10-11-12-13-14-15-16-17-18-19-20-25(28)29-23(3)27-22-21-26-24(27)5-2/h23H,4-22H2,1-3H3. The van der Waals surface area contributed by atoms with Crippen molar-refractivity contribution in [3.63, 3.8) is 0 Å². The molecule has 4 heteroatoms. The number of carbonyl (C=O) groups is 1. The number of carbonyl (C=O) groups excluding carboxylic acids is 1. The molecule has 1 aliphatic heterocycles. The average Bonchev–Trinajstić information content (AvgIpc) is 3.20. The number of amidine groups is 1. The Bertz CT molecular complexity index is 437. The zero-order chi connectivity index (χ0) is 21.2. The number of ether oxygens (including phenoxy) is 1. The smallest absolute Gasteiger partial charge is 0.307 e. The molecule has 0 saturated carbocycles. The van der Waals surface area contributed by atoms with Crippen LogP contribution in [0.4, 0.5) is 0 Å². The first-order valence-electron chi connectivity index (χ1n) is 12.7. The van der Waals surface area contributed by atoms with Crippen molar-refractivity contribution in [2.45, 2.75) is 136 Å². The van der Waals surface area contributed by atoms with Gasteiger partial charge in [-0.1, -0.05) is 104 Å². The number of nitrogens with zero attached hydrogens (tertiary/aromatic N) is 2. The van der Waals surface area contributed by atoms with Crippen LogP contribution in [0.25, 0.3) is 0 Å². The van der Waals surface area contributed by atoms with E-state index >= 15 is 0 Å². The summed E-state index contributed by atoms with van der Waals surface area (Å²) in [5, 5.41) is 0. The lowest BCUT2D eigenvalue weighted by Crippen LogP contribution is -2.38. The van der Waals surface area contributed by atoms with Crippen LogP contribution in [-0.4, -0.2) is 36.0 Å². The fourth-order valence-corrected chi connectivity index (χ4v) is 4.17. The minimum atomic E-state index is -0.181. The molecule has 0 radical (unpaired) electrons. The van der Waals surface area contributed by atoms with Crippen LogP contribution in [0.5, 0.6) is 0 Å². The molecule has 0 bridgehead atoms. The molecular weight excluding hydrogens is 360 g/mol. The zero-order valence-corrected chi connectivity index (χ0v) is 19.7. The van der Waals surface area contributed by atoms with Gasteiger partial charge < -0.3 is 9.64 Å². The van der Waals surface area contributed by atoms with Crippen molar-refractivity contribution < 1.29 is 9.53 Å². The first-order valence-corrected chi connectivity index (χ1v) is 12.7. The normalized spacial score (nSPS) is 14.9. The van der Waals surface area contributed by atoms with E-state index in [2.05, 4.69) is 23.7 Å². The van der Waals surface area contributed by atoms with Crippen LogP contribution < -0.4 is 0 Å². The molecule has 1 atom stereocenters. The predicted octanol–water partition coefficient (Wildman–Crippen LogP) is 7.26. The van der Waals surface area contributed by atoms with E-state index in [0.29, 0.717) is 6.42 Å². The Morgan fingerprint density at radius 2 is 1.34 bits per heavy atom. The molecule has 0 spiro atoms. The van der Waals surface area contributed by atoms with Crippen molar-refractivity contribution in [2.75, 3.05) is 13.1 Å². The van der Waals surface area contributed by atoms with Crippen molar-refractivity contribution in [2.24, 2.45) is 4.99 Å². The zero-order valence-electron chi connectivity index (χ0n) is 19.7. The highest BCUT2D eigenvalue weighted by molar-refractivity contribution is 5.83. The third-order valence-electron chi connectivity index (χ3n) is 6.01. The highest BCUT2D eigenvalue weighted by atomic mass is 16.6. The summed E-state index contributed by atoms with van der Waals surface area (Å²) in [6.45, 7) is 8.03. The van der Waals surface area contributed by atoms with Gasteiger partial charge in [-0.05, 0) is 13.3 Å². The molecule has 0 amide bonds. The number of hydrogen-bond donors (Lipinski definition) is 0. The summed E-state index contributed by atoms with van der Waals surface area (Å²) in [5.74, 6) is 1.01. The second-order valence-corrected chi connectivity index (χ2v) is 8.63. The minimum Gasteiger partial charge on any atom is -0.442 e. The van der Waals surface area contributed by atoms with Crippen LogP contribution in [0.1, 0.15) is 130 Å². The highest BCUT2D eigenvalue weighted by Gasteiger charge is 2.23. The third-order valence-corrected chi connectivity index (χ3v) is 6.01. The maximum absolute atomic E-state index is 12.1. The van der Waals surface area contributed by atoms with Gasteiger partial charge in [0, 0.05) is 19.4 Å². The topological polar surface area (TPSA) is 41.9 Å². The molecule has 1 unspecified atom stereocenters. The Balaban J connectivity index is 1.85. The summed E-state index contributed by atoms with van der Waals surface area (Å²) in [5.41, 5.74) is 0. The second kappa shape index (κ2) is 17.8. The summed E-state index contributed by atoms with van der Waals surface area (Å²) < 4.78 is 5.59. The van der Waals surface area contributed by atoms with Crippen LogP contribution in [0.2, 0.25) is 0 Å². The van der Waals surface area contributed by atoms with E-state index in [4.69, 9.17) is 4.74 Å². The number of hydrogen-bond acceptors (Lipinski definition) is 4. The van der Waals surface area contributed by atoms with Gasteiger partial charge in [0.1, 0.15) is 5.84 Å². The van der Waals surface area contributed by atoms with Crippen LogP contribution >= 0.6 is 0 Å². The Hall–Kier alpha value is -1.06. The Kier molecular flexibility index (Phi) is 15.9. The monoisotopic (exact) mass is 408 g/mol. The van der Waals surface area contributed by atoms with Crippen molar-refractivity contribution in [1.29, 1.82) is 0 Å². The van der Waals surface area contributed by atoms with E-state index < -0.39 is 0 Å². The molecule has 4 nitrogen and oxygen atoms in total. The van der Waals surface area contributed by atoms with E-state index in [-0.39, 0.29) is 12.2 Å². The van der Waals surface area contributed by atoms with Crippen LogP contribution in [0, 0.1) is 0 Å². The molecule has 0 N–H and O–H groups in total. The fourth-order valence-electron chi connectivity index (χ4n) is 4.17. The largest absolute Gasteiger partial charge is 0.442 e. The quantitative estimate of drug-likeness (QED) is 0.167. The number of unbranched alkanes of at least 4 members (excludes halogenated alkanes) is 14. The molecule has 0 saturated heterocycles. The third kappa shape index (κ3) is 13.0. The minimum absolute atomic E-state index is 0.0606. The number of esters is 1. The fraction of sp³-hybridized carbons (Fsp3) is 0.920. The van der Waals surface area contributed by atoms with Gasteiger partial charge in [-0.3, -0.25) is 9.79 Å². The molecule has 1 heterocycles. The average molecular weight is 409 g/mol. The summed E-state index contributed by atoms with van der Waals surface area (Å²) in [4.78, 5) is 18.6. The van der Waals surface area contributed by atoms with E-state index in [1.54, 1.807) is 0 Å². The molecule has 170 valence electrons. The van der Waals surface area contributed by atoms with Crippen LogP contribution in [-0.2, 0) is 9.53 Å². The van der Waals surface area contributed by atoms with Crippen molar-refractivity contribution in [3.8, 4) is 0 Å².